The number of aryl methyl sites for hydroxylation is 1. The van der Waals surface area contributed by atoms with E-state index in [-0.39, 0.29) is 18.2 Å². The van der Waals surface area contributed by atoms with Gasteiger partial charge < -0.3 is 15.5 Å². The van der Waals surface area contributed by atoms with Crippen LogP contribution in [0.25, 0.3) is 0 Å². The molecule has 3 rings (SSSR count). The Morgan fingerprint density at radius 1 is 0.931 bits per heavy atom. The summed E-state index contributed by atoms with van der Waals surface area (Å²) in [5, 5.41) is 5.74. The van der Waals surface area contributed by atoms with E-state index in [1.807, 2.05) is 62.3 Å². The zero-order valence-corrected chi connectivity index (χ0v) is 16.8. The molecular formula is C23H24N4O2. The number of anilines is 3. The van der Waals surface area contributed by atoms with Crippen LogP contribution >= 0.6 is 0 Å². The minimum Gasteiger partial charge on any atom is -0.377 e. The van der Waals surface area contributed by atoms with Gasteiger partial charge in [0.05, 0.1) is 12.0 Å². The number of rotatable bonds is 6. The number of benzene rings is 2. The summed E-state index contributed by atoms with van der Waals surface area (Å²) in [5.41, 5.74) is 4.59. The standard InChI is InChI=1S/C23H24N4O2/c1-16-7-12-20(21(14-16)27(2)3)23(29)26-18-10-8-17(9-11-18)25-22(28)15-19-6-4-5-13-24-19/h4-14H,15H2,1-3H3,(H,25,28)(H,26,29). The van der Waals surface area contributed by atoms with E-state index in [9.17, 15) is 9.59 Å². The van der Waals surface area contributed by atoms with Crippen LogP contribution in [0.4, 0.5) is 17.1 Å². The lowest BCUT2D eigenvalue weighted by atomic mass is 10.1. The van der Waals surface area contributed by atoms with Gasteiger partial charge in [-0.05, 0) is 61.0 Å². The van der Waals surface area contributed by atoms with Crippen molar-refractivity contribution in [3.63, 3.8) is 0 Å². The van der Waals surface area contributed by atoms with E-state index in [4.69, 9.17) is 0 Å². The van der Waals surface area contributed by atoms with Gasteiger partial charge in [0.1, 0.15) is 0 Å². The van der Waals surface area contributed by atoms with Crippen LogP contribution in [-0.4, -0.2) is 30.9 Å². The van der Waals surface area contributed by atoms with Crippen molar-refractivity contribution < 1.29 is 9.59 Å². The van der Waals surface area contributed by atoms with Gasteiger partial charge in [0.15, 0.2) is 0 Å². The summed E-state index contributed by atoms with van der Waals surface area (Å²) in [4.78, 5) is 30.9. The molecule has 148 valence electrons. The molecule has 0 saturated heterocycles. The van der Waals surface area contributed by atoms with Crippen LogP contribution < -0.4 is 15.5 Å². The van der Waals surface area contributed by atoms with Gasteiger partial charge in [-0.15, -0.1) is 0 Å². The van der Waals surface area contributed by atoms with Crippen molar-refractivity contribution >= 4 is 28.9 Å². The lowest BCUT2D eigenvalue weighted by molar-refractivity contribution is -0.115. The molecule has 3 aromatic rings. The third kappa shape index (κ3) is 5.42. The SMILES string of the molecule is Cc1ccc(C(=O)Nc2ccc(NC(=O)Cc3ccccn3)cc2)c(N(C)C)c1. The number of carbonyl (C=O) groups excluding carboxylic acids is 2. The molecule has 6 heteroatoms. The Morgan fingerprint density at radius 2 is 1.62 bits per heavy atom. The summed E-state index contributed by atoms with van der Waals surface area (Å²) in [5.74, 6) is -0.323. The molecule has 0 saturated carbocycles. The molecule has 0 bridgehead atoms. The lowest BCUT2D eigenvalue weighted by Gasteiger charge is -2.18. The number of nitrogens with zero attached hydrogens (tertiary/aromatic N) is 2. The molecule has 0 radical (unpaired) electrons. The van der Waals surface area contributed by atoms with Crippen LogP contribution in [-0.2, 0) is 11.2 Å². The van der Waals surface area contributed by atoms with Crippen molar-refractivity contribution in [3.05, 3.63) is 83.7 Å². The van der Waals surface area contributed by atoms with Crippen molar-refractivity contribution in [2.24, 2.45) is 0 Å². The molecule has 2 amide bonds. The minimum atomic E-state index is -0.180. The molecule has 1 heterocycles. The van der Waals surface area contributed by atoms with E-state index in [0.717, 1.165) is 11.3 Å². The first-order valence-corrected chi connectivity index (χ1v) is 9.31. The predicted octanol–water partition coefficient (Wildman–Crippen LogP) is 3.89. The molecule has 2 aromatic carbocycles. The predicted molar refractivity (Wildman–Crippen MR) is 116 cm³/mol. The normalized spacial score (nSPS) is 10.3. The molecule has 2 N–H and O–H groups in total. The topological polar surface area (TPSA) is 74.3 Å². The van der Waals surface area contributed by atoms with E-state index < -0.39 is 0 Å². The van der Waals surface area contributed by atoms with Crippen molar-refractivity contribution in [3.8, 4) is 0 Å². The van der Waals surface area contributed by atoms with Gasteiger partial charge >= 0.3 is 0 Å². The van der Waals surface area contributed by atoms with Crippen molar-refractivity contribution in [1.29, 1.82) is 0 Å². The molecule has 0 unspecified atom stereocenters. The average molecular weight is 388 g/mol. The fraction of sp³-hybridized carbons (Fsp3) is 0.174. The minimum absolute atomic E-state index is 0.143. The number of pyridine rings is 1. The van der Waals surface area contributed by atoms with Crippen LogP contribution in [0.3, 0.4) is 0 Å². The second kappa shape index (κ2) is 9.01. The maximum Gasteiger partial charge on any atom is 0.257 e. The summed E-state index contributed by atoms with van der Waals surface area (Å²) < 4.78 is 0. The monoisotopic (exact) mass is 388 g/mol. The fourth-order valence-corrected chi connectivity index (χ4v) is 2.91. The highest BCUT2D eigenvalue weighted by Gasteiger charge is 2.13. The van der Waals surface area contributed by atoms with Crippen molar-refractivity contribution in [2.45, 2.75) is 13.3 Å². The third-order valence-electron chi connectivity index (χ3n) is 4.37. The van der Waals surface area contributed by atoms with Gasteiger partial charge in [-0.3, -0.25) is 14.6 Å². The highest BCUT2D eigenvalue weighted by molar-refractivity contribution is 6.08. The first kappa shape index (κ1) is 20.1. The second-order valence-corrected chi connectivity index (χ2v) is 6.99. The quantitative estimate of drug-likeness (QED) is 0.672. The van der Waals surface area contributed by atoms with Gasteiger partial charge in [-0.2, -0.15) is 0 Å². The highest BCUT2D eigenvalue weighted by Crippen LogP contribution is 2.22. The highest BCUT2D eigenvalue weighted by atomic mass is 16.2. The van der Waals surface area contributed by atoms with Crippen LogP contribution in [0.5, 0.6) is 0 Å². The van der Waals surface area contributed by atoms with E-state index in [0.29, 0.717) is 22.6 Å². The Bertz CT molecular complexity index is 999. The van der Waals surface area contributed by atoms with Gasteiger partial charge in [-0.25, -0.2) is 0 Å². The Morgan fingerprint density at radius 3 is 2.24 bits per heavy atom. The number of nitrogens with one attached hydrogen (secondary N) is 2. The zero-order chi connectivity index (χ0) is 20.8. The molecule has 0 spiro atoms. The summed E-state index contributed by atoms with van der Waals surface area (Å²) in [6.07, 6.45) is 1.87. The Kier molecular flexibility index (Phi) is 6.24. The Labute approximate surface area is 170 Å². The first-order chi connectivity index (χ1) is 13.9. The number of carbonyl (C=O) groups is 2. The second-order valence-electron chi connectivity index (χ2n) is 6.99. The average Bonchev–Trinajstić information content (AvgIpc) is 2.70. The largest absolute Gasteiger partial charge is 0.377 e. The molecule has 0 aliphatic heterocycles. The van der Waals surface area contributed by atoms with Crippen LogP contribution in [0.1, 0.15) is 21.6 Å². The molecule has 0 aliphatic carbocycles. The fourth-order valence-electron chi connectivity index (χ4n) is 2.91. The van der Waals surface area contributed by atoms with E-state index in [2.05, 4.69) is 15.6 Å². The van der Waals surface area contributed by atoms with Gasteiger partial charge in [0, 0.05) is 43.0 Å². The smallest absolute Gasteiger partial charge is 0.257 e. The van der Waals surface area contributed by atoms with Gasteiger partial charge in [0.25, 0.3) is 5.91 Å². The summed E-state index contributed by atoms with van der Waals surface area (Å²) in [6, 6.07) is 18.2. The molecule has 29 heavy (non-hydrogen) atoms. The number of amides is 2. The number of aromatic nitrogens is 1. The number of hydrogen-bond donors (Lipinski definition) is 2. The number of hydrogen-bond acceptors (Lipinski definition) is 4. The maximum absolute atomic E-state index is 12.7. The summed E-state index contributed by atoms with van der Waals surface area (Å²) >= 11 is 0. The van der Waals surface area contributed by atoms with Crippen LogP contribution in [0.2, 0.25) is 0 Å². The first-order valence-electron chi connectivity index (χ1n) is 9.31. The van der Waals surface area contributed by atoms with Gasteiger partial charge in [0.2, 0.25) is 5.91 Å². The van der Waals surface area contributed by atoms with Crippen LogP contribution in [0.15, 0.2) is 66.9 Å². The molecule has 0 aliphatic rings. The van der Waals surface area contributed by atoms with E-state index in [1.54, 1.807) is 30.5 Å². The van der Waals surface area contributed by atoms with Crippen molar-refractivity contribution in [1.82, 2.24) is 4.98 Å². The summed E-state index contributed by atoms with van der Waals surface area (Å²) in [6.45, 7) is 2.00. The lowest BCUT2D eigenvalue weighted by Crippen LogP contribution is -2.19. The van der Waals surface area contributed by atoms with E-state index >= 15 is 0 Å². The molecule has 0 atom stereocenters. The molecule has 6 nitrogen and oxygen atoms in total. The van der Waals surface area contributed by atoms with Crippen LogP contribution in [0, 0.1) is 6.92 Å². The Hall–Kier alpha value is -3.67. The van der Waals surface area contributed by atoms with E-state index in [1.165, 1.54) is 0 Å². The molecule has 1 aromatic heterocycles. The Balaban J connectivity index is 1.63. The molecular weight excluding hydrogens is 364 g/mol. The summed E-state index contributed by atoms with van der Waals surface area (Å²) in [7, 11) is 3.82. The zero-order valence-electron chi connectivity index (χ0n) is 16.8. The van der Waals surface area contributed by atoms with Gasteiger partial charge in [-0.1, -0.05) is 12.1 Å². The maximum atomic E-state index is 12.7. The van der Waals surface area contributed by atoms with Crippen molar-refractivity contribution in [2.75, 3.05) is 29.6 Å². The third-order valence-corrected chi connectivity index (χ3v) is 4.37. The molecule has 0 fully saturated rings.